The van der Waals surface area contributed by atoms with Crippen LogP contribution in [-0.2, 0) is 5.41 Å². The van der Waals surface area contributed by atoms with Gasteiger partial charge in [0.15, 0.2) is 0 Å². The van der Waals surface area contributed by atoms with Crippen LogP contribution >= 0.6 is 0 Å². The van der Waals surface area contributed by atoms with Gasteiger partial charge in [-0.15, -0.1) is 0 Å². The Morgan fingerprint density at radius 1 is 0.396 bits per heavy atom. The number of hydrogen-bond donors (Lipinski definition) is 0. The fraction of sp³-hybridized carbons (Fsp3) is 0.217. The lowest BCUT2D eigenvalue weighted by atomic mass is 9.38. The van der Waals surface area contributed by atoms with Crippen LogP contribution in [0.1, 0.15) is 37.7 Å². The van der Waals surface area contributed by atoms with E-state index < -0.39 is 0 Å². The highest BCUT2D eigenvalue weighted by Crippen LogP contribution is 2.84. The summed E-state index contributed by atoms with van der Waals surface area (Å²) in [5, 5.41) is 0. The van der Waals surface area contributed by atoms with Crippen molar-refractivity contribution in [3.63, 3.8) is 0 Å². The van der Waals surface area contributed by atoms with Crippen molar-refractivity contribution in [1.29, 1.82) is 0 Å². The first-order valence-corrected chi connectivity index (χ1v) is 17.8. The minimum atomic E-state index is 0.394. The summed E-state index contributed by atoms with van der Waals surface area (Å²) in [4.78, 5) is 4.75. The van der Waals surface area contributed by atoms with Gasteiger partial charge in [0.1, 0.15) is 0 Å². The van der Waals surface area contributed by atoms with E-state index in [0.29, 0.717) is 5.41 Å². The third-order valence-electron chi connectivity index (χ3n) is 12.7. The van der Waals surface area contributed by atoms with Gasteiger partial charge in [-0.25, -0.2) is 0 Å². The van der Waals surface area contributed by atoms with E-state index in [0.717, 1.165) is 40.2 Å². The van der Waals surface area contributed by atoms with Crippen molar-refractivity contribution in [3.8, 4) is 11.1 Å². The Morgan fingerprint density at radius 3 is 1.25 bits per heavy atom. The number of anilines is 6. The molecule has 0 saturated heterocycles. The molecule has 0 amide bonds. The van der Waals surface area contributed by atoms with Gasteiger partial charge >= 0.3 is 0 Å². The highest BCUT2D eigenvalue weighted by atomic mass is 15.1. The molecule has 2 bridgehead atoms. The summed E-state index contributed by atoms with van der Waals surface area (Å²) in [7, 11) is 0. The molecule has 4 aliphatic rings. The van der Waals surface area contributed by atoms with Crippen LogP contribution in [0, 0.1) is 23.2 Å². The van der Waals surface area contributed by atoms with E-state index in [4.69, 9.17) is 0 Å². The molecular formula is C46H40N2. The molecule has 48 heavy (non-hydrogen) atoms. The first kappa shape index (κ1) is 28.0. The molecule has 0 radical (unpaired) electrons. The van der Waals surface area contributed by atoms with Crippen LogP contribution < -0.4 is 9.80 Å². The zero-order valence-corrected chi connectivity index (χ0v) is 27.3. The third-order valence-corrected chi connectivity index (χ3v) is 12.7. The topological polar surface area (TPSA) is 6.48 Å². The summed E-state index contributed by atoms with van der Waals surface area (Å²) in [5.41, 5.74) is 12.2. The van der Waals surface area contributed by atoms with E-state index in [2.05, 4.69) is 174 Å². The molecule has 10 rings (SSSR count). The second-order valence-corrected chi connectivity index (χ2v) is 14.9. The Morgan fingerprint density at radius 2 is 0.812 bits per heavy atom. The molecule has 4 aliphatic carbocycles. The second kappa shape index (κ2) is 10.7. The normalized spacial score (nSPS) is 25.9. The van der Waals surface area contributed by atoms with Crippen LogP contribution in [-0.4, -0.2) is 0 Å². The lowest BCUT2D eigenvalue weighted by Gasteiger charge is -2.66. The van der Waals surface area contributed by atoms with Gasteiger partial charge in [0.05, 0.1) is 0 Å². The highest BCUT2D eigenvalue weighted by molar-refractivity contribution is 5.81. The summed E-state index contributed by atoms with van der Waals surface area (Å²) >= 11 is 0. The van der Waals surface area contributed by atoms with Crippen LogP contribution in [0.15, 0.2) is 164 Å². The Hall–Kier alpha value is -5.08. The molecule has 0 aromatic heterocycles. The van der Waals surface area contributed by atoms with E-state index >= 15 is 0 Å². The number of hydrogen-bond acceptors (Lipinski definition) is 2. The molecule has 2 nitrogen and oxygen atoms in total. The van der Waals surface area contributed by atoms with Crippen molar-refractivity contribution >= 4 is 34.1 Å². The van der Waals surface area contributed by atoms with Crippen molar-refractivity contribution in [1.82, 2.24) is 0 Å². The molecule has 234 valence electrons. The van der Waals surface area contributed by atoms with Crippen molar-refractivity contribution < 1.29 is 0 Å². The van der Waals surface area contributed by atoms with Gasteiger partial charge in [0, 0.05) is 34.1 Å². The van der Waals surface area contributed by atoms with Gasteiger partial charge in [-0.05, 0) is 150 Å². The SMILES string of the molecule is c1ccc(N(c2ccccc2)c2ccc(-c3ccc(N(c4ccccc4)c4cccc(C56CC7CC8CC(C5)C87C6)c4)cc3)cc2)cc1. The monoisotopic (exact) mass is 620 g/mol. The number of fused-ring (bicyclic) bond motifs is 1. The van der Waals surface area contributed by atoms with E-state index in [-0.39, 0.29) is 0 Å². The van der Waals surface area contributed by atoms with Gasteiger partial charge in [-0.2, -0.15) is 0 Å². The number of benzene rings is 6. The Kier molecular flexibility index (Phi) is 6.25. The number of nitrogens with zero attached hydrogens (tertiary/aromatic N) is 2. The average molecular weight is 621 g/mol. The van der Waals surface area contributed by atoms with Gasteiger partial charge in [0.25, 0.3) is 0 Å². The van der Waals surface area contributed by atoms with Crippen molar-refractivity contribution in [2.24, 2.45) is 23.2 Å². The molecule has 4 saturated carbocycles. The molecule has 2 unspecified atom stereocenters. The molecule has 2 atom stereocenters. The smallest absolute Gasteiger partial charge is 0.0464 e. The zero-order valence-electron chi connectivity index (χ0n) is 27.3. The van der Waals surface area contributed by atoms with Crippen molar-refractivity contribution in [2.75, 3.05) is 9.80 Å². The molecule has 6 aromatic carbocycles. The van der Waals surface area contributed by atoms with E-state index in [1.54, 1.807) is 5.56 Å². The van der Waals surface area contributed by atoms with E-state index in [9.17, 15) is 0 Å². The first-order valence-electron chi connectivity index (χ1n) is 17.8. The number of para-hydroxylation sites is 3. The predicted molar refractivity (Wildman–Crippen MR) is 199 cm³/mol. The van der Waals surface area contributed by atoms with Crippen LogP contribution in [0.2, 0.25) is 0 Å². The van der Waals surface area contributed by atoms with E-state index in [1.807, 2.05) is 0 Å². The van der Waals surface area contributed by atoms with Gasteiger partial charge < -0.3 is 9.80 Å². The molecule has 6 aromatic rings. The number of rotatable bonds is 8. The van der Waals surface area contributed by atoms with E-state index in [1.165, 1.54) is 60.3 Å². The minimum absolute atomic E-state index is 0.394. The molecule has 4 fully saturated rings. The largest absolute Gasteiger partial charge is 0.311 e. The predicted octanol–water partition coefficient (Wildman–Crippen LogP) is 12.4. The maximum atomic E-state index is 2.53. The molecule has 0 heterocycles. The molecule has 0 aliphatic heterocycles. The maximum absolute atomic E-state index is 2.53. The first-order chi connectivity index (χ1) is 23.7. The van der Waals surface area contributed by atoms with Crippen molar-refractivity contribution in [2.45, 2.75) is 37.5 Å². The quantitative estimate of drug-likeness (QED) is 0.167. The van der Waals surface area contributed by atoms with Crippen LogP contribution in [0.4, 0.5) is 34.1 Å². The summed E-state index contributed by atoms with van der Waals surface area (Å²) < 4.78 is 0. The average Bonchev–Trinajstić information content (AvgIpc) is 3.64. The standard InChI is InChI=1S/C46H40N2/c1-4-12-39(13-5-1)47(40-14-6-2-7-15-40)42-23-19-33(20-24-42)34-21-25-43(26-22-34)48(41-16-8-3-9-17-41)44-18-10-11-35(29-44)45-30-37-27-36-28-38(31-45)46(36,37)32-45/h1-26,29,36-38H,27-28,30-32H2. The zero-order chi connectivity index (χ0) is 31.7. The fourth-order valence-electron chi connectivity index (χ4n) is 10.6. The van der Waals surface area contributed by atoms with Crippen LogP contribution in [0.25, 0.3) is 11.1 Å². The fourth-order valence-corrected chi connectivity index (χ4v) is 10.6. The Bertz CT molecular complexity index is 2010. The van der Waals surface area contributed by atoms with Crippen LogP contribution in [0.3, 0.4) is 0 Å². The summed E-state index contributed by atoms with van der Waals surface area (Å²) in [6, 6.07) is 59.7. The summed E-state index contributed by atoms with van der Waals surface area (Å²) in [5.74, 6) is 3.03. The van der Waals surface area contributed by atoms with Crippen molar-refractivity contribution in [3.05, 3.63) is 169 Å². The lowest BCUT2D eigenvalue weighted by Crippen LogP contribution is -2.59. The Balaban J connectivity index is 0.964. The summed E-state index contributed by atoms with van der Waals surface area (Å²) in [6.45, 7) is 0. The highest BCUT2D eigenvalue weighted by Gasteiger charge is 2.77. The lowest BCUT2D eigenvalue weighted by molar-refractivity contribution is -0.175. The molecule has 1 spiro atoms. The minimum Gasteiger partial charge on any atom is -0.311 e. The molecule has 2 heteroatoms. The summed E-state index contributed by atoms with van der Waals surface area (Å²) in [6.07, 6.45) is 7.27. The second-order valence-electron chi connectivity index (χ2n) is 14.9. The van der Waals surface area contributed by atoms with Gasteiger partial charge in [0.2, 0.25) is 0 Å². The third kappa shape index (κ3) is 4.18. The molecule has 0 N–H and O–H groups in total. The van der Waals surface area contributed by atoms with Gasteiger partial charge in [-0.3, -0.25) is 0 Å². The Labute approximate surface area is 284 Å². The van der Waals surface area contributed by atoms with Crippen LogP contribution in [0.5, 0.6) is 0 Å². The maximum Gasteiger partial charge on any atom is 0.0464 e. The molecular weight excluding hydrogens is 581 g/mol. The van der Waals surface area contributed by atoms with Gasteiger partial charge in [-0.1, -0.05) is 91.0 Å².